The molecule has 1 aromatic carbocycles. The van der Waals surface area contributed by atoms with Crippen molar-refractivity contribution >= 4 is 9.76 Å². The summed E-state index contributed by atoms with van der Waals surface area (Å²) in [6.07, 6.45) is -9.79. The molecule has 20 heavy (non-hydrogen) atoms. The third kappa shape index (κ3) is 5.11. The lowest BCUT2D eigenvalue weighted by Gasteiger charge is -2.14. The molecule has 0 atom stereocenters. The number of hydrogen-bond acceptors (Lipinski definition) is 3. The van der Waals surface area contributed by atoms with Crippen LogP contribution in [0.5, 0.6) is 0 Å². The molecule has 0 aliphatic heterocycles. The van der Waals surface area contributed by atoms with E-state index in [4.69, 9.17) is 10.2 Å². The van der Waals surface area contributed by atoms with Gasteiger partial charge in [0.15, 0.2) is 9.76 Å². The van der Waals surface area contributed by atoms with Crippen LogP contribution in [0.4, 0.5) is 26.3 Å². The smallest absolute Gasteiger partial charge is 0.379 e. The van der Waals surface area contributed by atoms with Crippen molar-refractivity contribution in [2.75, 3.05) is 0 Å². The molecular weight excluding hydrogens is 310 g/mol. The minimum atomic E-state index is -4.89. The normalized spacial score (nSPS) is 13.7. The predicted octanol–water partition coefficient (Wildman–Crippen LogP) is 1.59. The molecular formula is C10H10F6O3Si. The standard InChI is InChI=1S/C10H10F6O3Si/c11-9(12,13)6-1-5(4-20-19-8(17)18)2-7(3-6)10(14,15)16/h1-3,8,17-18H,4,20H2. The zero-order valence-corrected chi connectivity index (χ0v) is 11.2. The van der Waals surface area contributed by atoms with Gasteiger partial charge in [-0.15, -0.1) is 0 Å². The molecule has 0 aliphatic rings. The molecule has 2 N–H and O–H groups in total. The van der Waals surface area contributed by atoms with Gasteiger partial charge in [-0.2, -0.15) is 26.3 Å². The predicted molar refractivity (Wildman–Crippen MR) is 58.0 cm³/mol. The summed E-state index contributed by atoms with van der Waals surface area (Å²) in [6.45, 7) is -2.07. The number of aliphatic hydroxyl groups is 2. The van der Waals surface area contributed by atoms with Gasteiger partial charge in [-0.1, -0.05) is 0 Å². The van der Waals surface area contributed by atoms with Crippen molar-refractivity contribution in [2.24, 2.45) is 0 Å². The van der Waals surface area contributed by atoms with Crippen LogP contribution in [0, 0.1) is 0 Å². The van der Waals surface area contributed by atoms with E-state index >= 15 is 0 Å². The van der Waals surface area contributed by atoms with Gasteiger partial charge in [0.25, 0.3) is 6.48 Å². The number of hydrogen-bond donors (Lipinski definition) is 2. The van der Waals surface area contributed by atoms with Crippen molar-refractivity contribution in [3.05, 3.63) is 34.9 Å². The number of aliphatic hydroxyl groups excluding tert-OH is 1. The van der Waals surface area contributed by atoms with Gasteiger partial charge in [0.05, 0.1) is 11.1 Å². The molecule has 0 bridgehead atoms. The summed E-state index contributed by atoms with van der Waals surface area (Å²) < 4.78 is 79.5. The van der Waals surface area contributed by atoms with Gasteiger partial charge < -0.3 is 14.6 Å². The van der Waals surface area contributed by atoms with Crippen molar-refractivity contribution in [1.82, 2.24) is 0 Å². The fourth-order valence-electron chi connectivity index (χ4n) is 1.45. The van der Waals surface area contributed by atoms with E-state index in [2.05, 4.69) is 4.43 Å². The summed E-state index contributed by atoms with van der Waals surface area (Å²) in [5.41, 5.74) is -3.01. The molecule has 0 aliphatic carbocycles. The molecule has 0 unspecified atom stereocenters. The van der Waals surface area contributed by atoms with E-state index in [-0.39, 0.29) is 17.7 Å². The minimum absolute atomic E-state index is 0.0345. The Bertz CT molecular complexity index is 425. The molecule has 1 aromatic rings. The fraction of sp³-hybridized carbons (Fsp3) is 0.400. The monoisotopic (exact) mass is 320 g/mol. The van der Waals surface area contributed by atoms with E-state index in [1.807, 2.05) is 0 Å². The first kappa shape index (κ1) is 16.9. The highest BCUT2D eigenvalue weighted by atomic mass is 28.2. The van der Waals surface area contributed by atoms with E-state index in [1.165, 1.54) is 0 Å². The molecule has 0 heterocycles. The fourth-order valence-corrected chi connectivity index (χ4v) is 2.30. The number of benzene rings is 1. The second kappa shape index (κ2) is 6.12. The summed E-state index contributed by atoms with van der Waals surface area (Å²) in [4.78, 5) is 0. The Morgan fingerprint density at radius 2 is 1.40 bits per heavy atom. The summed E-state index contributed by atoms with van der Waals surface area (Å²) in [6, 6.07) is 1.03. The zero-order chi connectivity index (χ0) is 15.6. The number of alkyl halides is 6. The summed E-state index contributed by atoms with van der Waals surface area (Å²) >= 11 is 0. The summed E-state index contributed by atoms with van der Waals surface area (Å²) in [5.74, 6) is 0. The molecule has 1 rings (SSSR count). The SMILES string of the molecule is OC(O)O[SiH2]Cc1cc(C(F)(F)F)cc(C(F)(F)F)c1. The highest BCUT2D eigenvalue weighted by molar-refractivity contribution is 6.26. The Hall–Kier alpha value is -1.10. The van der Waals surface area contributed by atoms with Gasteiger partial charge in [0.2, 0.25) is 0 Å². The van der Waals surface area contributed by atoms with Gasteiger partial charge >= 0.3 is 12.4 Å². The maximum absolute atomic E-state index is 12.5. The molecule has 0 amide bonds. The maximum atomic E-state index is 12.5. The Morgan fingerprint density at radius 1 is 0.950 bits per heavy atom. The van der Waals surface area contributed by atoms with E-state index < -0.39 is 39.7 Å². The second-order valence-electron chi connectivity index (χ2n) is 3.86. The van der Waals surface area contributed by atoms with Crippen LogP contribution in [0.2, 0.25) is 0 Å². The van der Waals surface area contributed by atoms with Gasteiger partial charge in [0, 0.05) is 0 Å². The van der Waals surface area contributed by atoms with Crippen LogP contribution in [0.15, 0.2) is 18.2 Å². The molecule has 0 aromatic heterocycles. The van der Waals surface area contributed by atoms with Crippen LogP contribution in [0.25, 0.3) is 0 Å². The first-order valence-corrected chi connectivity index (χ1v) is 6.84. The van der Waals surface area contributed by atoms with E-state index in [1.54, 1.807) is 0 Å². The van der Waals surface area contributed by atoms with Crippen molar-refractivity contribution in [1.29, 1.82) is 0 Å². The Labute approximate surface area is 111 Å². The highest BCUT2D eigenvalue weighted by Crippen LogP contribution is 2.36. The van der Waals surface area contributed by atoms with Crippen molar-refractivity contribution < 1.29 is 41.0 Å². The van der Waals surface area contributed by atoms with Crippen LogP contribution in [-0.4, -0.2) is 26.5 Å². The van der Waals surface area contributed by atoms with Crippen molar-refractivity contribution in [3.8, 4) is 0 Å². The van der Waals surface area contributed by atoms with Crippen LogP contribution < -0.4 is 0 Å². The third-order valence-electron chi connectivity index (χ3n) is 2.31. The topological polar surface area (TPSA) is 49.7 Å². The maximum Gasteiger partial charge on any atom is 0.416 e. The average Bonchev–Trinajstić information content (AvgIpc) is 2.25. The van der Waals surface area contributed by atoms with Gasteiger partial charge in [-0.05, 0) is 29.8 Å². The lowest BCUT2D eigenvalue weighted by molar-refractivity contribution is -0.180. The Morgan fingerprint density at radius 3 is 1.75 bits per heavy atom. The highest BCUT2D eigenvalue weighted by Gasteiger charge is 2.36. The van der Waals surface area contributed by atoms with E-state index in [0.717, 1.165) is 0 Å². The molecule has 0 saturated carbocycles. The molecule has 0 radical (unpaired) electrons. The molecule has 0 spiro atoms. The first-order valence-electron chi connectivity index (χ1n) is 5.26. The lowest BCUT2D eigenvalue weighted by atomic mass is 10.1. The molecule has 114 valence electrons. The summed E-state index contributed by atoms with van der Waals surface area (Å²) in [5, 5.41) is 16.8. The minimum Gasteiger partial charge on any atom is -0.379 e. The van der Waals surface area contributed by atoms with Crippen molar-refractivity contribution in [2.45, 2.75) is 24.9 Å². The first-order chi connectivity index (χ1) is 9.00. The Balaban J connectivity index is 3.05. The number of rotatable bonds is 4. The second-order valence-corrected chi connectivity index (χ2v) is 5.10. The van der Waals surface area contributed by atoms with Crippen LogP contribution in [0.1, 0.15) is 16.7 Å². The van der Waals surface area contributed by atoms with Crippen LogP contribution >= 0.6 is 0 Å². The summed E-state index contributed by atoms with van der Waals surface area (Å²) in [7, 11) is -1.69. The quantitative estimate of drug-likeness (QED) is 0.503. The largest absolute Gasteiger partial charge is 0.416 e. The Kier molecular flexibility index (Phi) is 5.19. The lowest BCUT2D eigenvalue weighted by Crippen LogP contribution is -2.16. The van der Waals surface area contributed by atoms with Gasteiger partial charge in [-0.25, -0.2) is 0 Å². The molecule has 10 heteroatoms. The van der Waals surface area contributed by atoms with Crippen molar-refractivity contribution in [3.63, 3.8) is 0 Å². The van der Waals surface area contributed by atoms with Gasteiger partial charge in [-0.3, -0.25) is 0 Å². The van der Waals surface area contributed by atoms with E-state index in [0.29, 0.717) is 12.1 Å². The van der Waals surface area contributed by atoms with Crippen LogP contribution in [-0.2, 0) is 22.8 Å². The molecule has 0 saturated heterocycles. The zero-order valence-electron chi connectivity index (χ0n) is 9.79. The number of halogens is 6. The van der Waals surface area contributed by atoms with Crippen LogP contribution in [0.3, 0.4) is 0 Å². The van der Waals surface area contributed by atoms with Gasteiger partial charge in [0.1, 0.15) is 0 Å². The average molecular weight is 320 g/mol. The molecule has 0 fully saturated rings. The molecule has 3 nitrogen and oxygen atoms in total. The third-order valence-corrected chi connectivity index (χ3v) is 3.62. The van der Waals surface area contributed by atoms with E-state index in [9.17, 15) is 26.3 Å².